The molecule has 0 saturated carbocycles. The fraction of sp³-hybridized carbons (Fsp3) is 0.231. The van der Waals surface area contributed by atoms with Crippen molar-refractivity contribution in [3.63, 3.8) is 0 Å². The number of benzene rings is 2. The van der Waals surface area contributed by atoms with Crippen LogP contribution < -0.4 is 4.74 Å². The van der Waals surface area contributed by atoms with Crippen LogP contribution in [-0.2, 0) is 13.6 Å². The van der Waals surface area contributed by atoms with Crippen molar-refractivity contribution in [2.45, 2.75) is 6.54 Å². The maximum absolute atomic E-state index is 12.5. The third kappa shape index (κ3) is 4.83. The van der Waals surface area contributed by atoms with Gasteiger partial charge in [-0.25, -0.2) is 0 Å². The van der Waals surface area contributed by atoms with Crippen molar-refractivity contribution in [2.75, 3.05) is 26.2 Å². The number of hydrogen-bond donors (Lipinski definition) is 0. The quantitative estimate of drug-likeness (QED) is 0.442. The van der Waals surface area contributed by atoms with E-state index in [1.165, 1.54) is 11.8 Å². The van der Waals surface area contributed by atoms with Gasteiger partial charge in [0.05, 0.1) is 12.0 Å². The lowest BCUT2D eigenvalue weighted by Gasteiger charge is -2.34. The molecule has 1 saturated heterocycles. The molecule has 0 unspecified atom stereocenters. The van der Waals surface area contributed by atoms with E-state index in [1.807, 2.05) is 71.2 Å². The minimum Gasteiger partial charge on any atom is -0.459 e. The minimum absolute atomic E-state index is 0.0421. The summed E-state index contributed by atoms with van der Waals surface area (Å²) in [6, 6.07) is 21.2. The van der Waals surface area contributed by atoms with Gasteiger partial charge in [-0.1, -0.05) is 18.2 Å². The molecule has 1 amide bonds. The second-order valence-corrected chi connectivity index (χ2v) is 8.16. The van der Waals surface area contributed by atoms with E-state index in [0.29, 0.717) is 18.8 Å². The van der Waals surface area contributed by atoms with Crippen molar-refractivity contribution in [1.29, 1.82) is 0 Å². The number of piperazine rings is 1. The summed E-state index contributed by atoms with van der Waals surface area (Å²) in [5.41, 5.74) is 3.19. The van der Waals surface area contributed by atoms with Crippen molar-refractivity contribution >= 4 is 5.91 Å². The Morgan fingerprint density at radius 2 is 1.67 bits per heavy atom. The van der Waals surface area contributed by atoms with E-state index in [4.69, 9.17) is 14.3 Å². The normalized spacial score (nSPS) is 14.4. The molecular formula is C26H26N4O3. The Balaban J connectivity index is 1.24. The largest absolute Gasteiger partial charge is 0.459 e. The number of aryl methyl sites for hydroxylation is 1. The Labute approximate surface area is 192 Å². The van der Waals surface area contributed by atoms with Gasteiger partial charge >= 0.3 is 0 Å². The number of amides is 1. The molecule has 0 radical (unpaired) electrons. The summed E-state index contributed by atoms with van der Waals surface area (Å²) in [5.74, 6) is 1.96. The highest BCUT2D eigenvalue weighted by Gasteiger charge is 2.24. The summed E-state index contributed by atoms with van der Waals surface area (Å²) in [5, 5.41) is 4.71. The number of hydrogen-bond acceptors (Lipinski definition) is 5. The third-order valence-corrected chi connectivity index (χ3v) is 5.80. The number of rotatable bonds is 6. The van der Waals surface area contributed by atoms with E-state index in [1.54, 1.807) is 12.1 Å². The van der Waals surface area contributed by atoms with Crippen LogP contribution in [0.3, 0.4) is 0 Å². The summed E-state index contributed by atoms with van der Waals surface area (Å²) >= 11 is 0. The van der Waals surface area contributed by atoms with Crippen LogP contribution in [0.1, 0.15) is 16.1 Å². The molecular weight excluding hydrogens is 416 g/mol. The maximum Gasteiger partial charge on any atom is 0.289 e. The first kappa shape index (κ1) is 21.0. The summed E-state index contributed by atoms with van der Waals surface area (Å²) in [6.07, 6.45) is 3.61. The maximum atomic E-state index is 12.5. The Morgan fingerprint density at radius 3 is 2.36 bits per heavy atom. The van der Waals surface area contributed by atoms with Crippen LogP contribution in [0, 0.1) is 0 Å². The van der Waals surface area contributed by atoms with Gasteiger partial charge in [-0.05, 0) is 48.5 Å². The predicted molar refractivity (Wildman–Crippen MR) is 125 cm³/mol. The van der Waals surface area contributed by atoms with E-state index in [0.717, 1.165) is 42.4 Å². The summed E-state index contributed by atoms with van der Waals surface area (Å²) in [4.78, 5) is 16.7. The average Bonchev–Trinajstić information content (AvgIpc) is 3.50. The smallest absolute Gasteiger partial charge is 0.289 e. The fourth-order valence-electron chi connectivity index (χ4n) is 4.11. The number of aromatic nitrogens is 2. The monoisotopic (exact) mass is 442 g/mol. The molecule has 1 aliphatic heterocycles. The molecule has 0 spiro atoms. The number of furan rings is 1. The summed E-state index contributed by atoms with van der Waals surface area (Å²) < 4.78 is 13.0. The van der Waals surface area contributed by atoms with E-state index >= 15 is 0 Å². The Morgan fingerprint density at radius 1 is 0.939 bits per heavy atom. The van der Waals surface area contributed by atoms with Gasteiger partial charge in [0, 0.05) is 57.1 Å². The van der Waals surface area contributed by atoms with Gasteiger partial charge in [-0.3, -0.25) is 14.4 Å². The fourth-order valence-corrected chi connectivity index (χ4v) is 4.11. The molecule has 0 bridgehead atoms. The molecule has 4 aromatic rings. The van der Waals surface area contributed by atoms with Crippen LogP contribution in [0.5, 0.6) is 11.5 Å². The molecule has 5 rings (SSSR count). The zero-order valence-electron chi connectivity index (χ0n) is 18.6. The number of nitrogens with zero attached hydrogens (tertiary/aromatic N) is 4. The van der Waals surface area contributed by atoms with Crippen LogP contribution in [-0.4, -0.2) is 51.7 Å². The standard InChI is InChI=1S/C26H26N4O3/c1-28-18-21(19-29-13-15-30(16-14-29)26(31)24-8-5-17-32-24)25(27-28)20-9-11-23(12-10-20)33-22-6-3-2-4-7-22/h2-12,17-18H,13-16,19H2,1H3. The van der Waals surface area contributed by atoms with Gasteiger partial charge in [0.2, 0.25) is 0 Å². The molecule has 1 fully saturated rings. The number of para-hydroxylation sites is 1. The lowest BCUT2D eigenvalue weighted by atomic mass is 10.1. The molecule has 3 heterocycles. The average molecular weight is 443 g/mol. The number of carbonyl (C=O) groups excluding carboxylic acids is 1. The lowest BCUT2D eigenvalue weighted by Crippen LogP contribution is -2.48. The topological polar surface area (TPSA) is 63.7 Å². The van der Waals surface area contributed by atoms with E-state index in [-0.39, 0.29) is 5.91 Å². The molecule has 1 aliphatic rings. The highest BCUT2D eigenvalue weighted by molar-refractivity contribution is 5.91. The van der Waals surface area contributed by atoms with Gasteiger partial charge in [0.15, 0.2) is 5.76 Å². The van der Waals surface area contributed by atoms with Crippen LogP contribution in [0.2, 0.25) is 0 Å². The molecule has 0 atom stereocenters. The van der Waals surface area contributed by atoms with Crippen molar-refractivity contribution in [2.24, 2.45) is 7.05 Å². The first-order valence-electron chi connectivity index (χ1n) is 11.1. The molecule has 2 aromatic heterocycles. The second-order valence-electron chi connectivity index (χ2n) is 8.16. The van der Waals surface area contributed by atoms with Crippen LogP contribution in [0.25, 0.3) is 11.3 Å². The second kappa shape index (κ2) is 9.34. The number of carbonyl (C=O) groups is 1. The third-order valence-electron chi connectivity index (χ3n) is 5.80. The van der Waals surface area contributed by atoms with Crippen LogP contribution >= 0.6 is 0 Å². The van der Waals surface area contributed by atoms with Crippen LogP contribution in [0.4, 0.5) is 0 Å². The first-order chi connectivity index (χ1) is 16.2. The van der Waals surface area contributed by atoms with Crippen molar-refractivity contribution in [3.05, 3.63) is 90.5 Å². The van der Waals surface area contributed by atoms with Crippen molar-refractivity contribution in [1.82, 2.24) is 19.6 Å². The lowest BCUT2D eigenvalue weighted by molar-refractivity contribution is 0.0598. The van der Waals surface area contributed by atoms with E-state index in [9.17, 15) is 4.79 Å². The van der Waals surface area contributed by atoms with Crippen molar-refractivity contribution in [3.8, 4) is 22.8 Å². The van der Waals surface area contributed by atoms with E-state index < -0.39 is 0 Å². The Bertz CT molecular complexity index is 1190. The zero-order chi connectivity index (χ0) is 22.6. The number of ether oxygens (including phenoxy) is 1. The van der Waals surface area contributed by atoms with Gasteiger partial charge in [-0.2, -0.15) is 5.10 Å². The summed E-state index contributed by atoms with van der Waals surface area (Å²) in [6.45, 7) is 3.77. The van der Waals surface area contributed by atoms with E-state index in [2.05, 4.69) is 11.1 Å². The van der Waals surface area contributed by atoms with Gasteiger partial charge in [0.1, 0.15) is 11.5 Å². The molecule has 0 aliphatic carbocycles. The van der Waals surface area contributed by atoms with Gasteiger partial charge in [-0.15, -0.1) is 0 Å². The molecule has 7 nitrogen and oxygen atoms in total. The molecule has 168 valence electrons. The van der Waals surface area contributed by atoms with Crippen LogP contribution in [0.15, 0.2) is 83.6 Å². The SMILES string of the molecule is Cn1cc(CN2CCN(C(=O)c3ccco3)CC2)c(-c2ccc(Oc3ccccc3)cc2)n1. The summed E-state index contributed by atoms with van der Waals surface area (Å²) in [7, 11) is 1.94. The highest BCUT2D eigenvalue weighted by Crippen LogP contribution is 2.28. The Hall–Kier alpha value is -3.84. The van der Waals surface area contributed by atoms with Crippen molar-refractivity contribution < 1.29 is 13.9 Å². The first-order valence-corrected chi connectivity index (χ1v) is 11.1. The van der Waals surface area contributed by atoms with Gasteiger partial charge < -0.3 is 14.1 Å². The minimum atomic E-state index is -0.0421. The molecule has 0 N–H and O–H groups in total. The predicted octanol–water partition coefficient (Wildman–Crippen LogP) is 4.43. The zero-order valence-corrected chi connectivity index (χ0v) is 18.6. The highest BCUT2D eigenvalue weighted by atomic mass is 16.5. The Kier molecular flexibility index (Phi) is 5.95. The molecule has 7 heteroatoms. The molecule has 33 heavy (non-hydrogen) atoms. The van der Waals surface area contributed by atoms with Gasteiger partial charge in [0.25, 0.3) is 5.91 Å². The molecule has 2 aromatic carbocycles.